The molecule has 0 unspecified atom stereocenters. The van der Waals surface area contributed by atoms with Crippen LogP contribution in [-0.2, 0) is 6.54 Å². The van der Waals surface area contributed by atoms with Gasteiger partial charge in [0, 0.05) is 43.7 Å². The van der Waals surface area contributed by atoms with E-state index in [2.05, 4.69) is 35.1 Å². The van der Waals surface area contributed by atoms with Crippen LogP contribution in [0.25, 0.3) is 11.4 Å². The first-order valence-corrected chi connectivity index (χ1v) is 9.62. The Balaban J connectivity index is 1.92. The maximum atomic E-state index is 4.86. The fourth-order valence-electron chi connectivity index (χ4n) is 2.98. The number of hydrogen-bond acceptors (Lipinski definition) is 5. The van der Waals surface area contributed by atoms with Gasteiger partial charge in [-0.3, -0.25) is 4.98 Å². The van der Waals surface area contributed by atoms with Crippen molar-refractivity contribution < 1.29 is 0 Å². The lowest BCUT2D eigenvalue weighted by atomic mass is 10.2. The van der Waals surface area contributed by atoms with E-state index in [1.807, 2.05) is 48.7 Å². The van der Waals surface area contributed by atoms with E-state index in [0.717, 1.165) is 54.5 Å². The van der Waals surface area contributed by atoms with E-state index >= 15 is 0 Å². The molecule has 0 spiro atoms. The predicted molar refractivity (Wildman–Crippen MR) is 112 cm³/mol. The molecule has 0 saturated heterocycles. The molecular weight excluding hydrogens is 334 g/mol. The Morgan fingerprint density at radius 2 is 1.70 bits per heavy atom. The number of aromatic nitrogens is 3. The molecule has 0 fully saturated rings. The molecular formula is C22H27N5. The van der Waals surface area contributed by atoms with Gasteiger partial charge in [0.2, 0.25) is 0 Å². The largest absolute Gasteiger partial charge is 0.366 e. The van der Waals surface area contributed by atoms with Gasteiger partial charge in [-0.05, 0) is 24.5 Å². The maximum absolute atomic E-state index is 4.86. The summed E-state index contributed by atoms with van der Waals surface area (Å²) in [5.74, 6) is 2.56. The zero-order valence-electron chi connectivity index (χ0n) is 16.1. The molecule has 0 atom stereocenters. The number of hydrogen-bond donors (Lipinski definition) is 1. The van der Waals surface area contributed by atoms with Crippen molar-refractivity contribution in [2.75, 3.05) is 23.3 Å². The molecule has 5 nitrogen and oxygen atoms in total. The van der Waals surface area contributed by atoms with Crippen LogP contribution in [0.1, 0.15) is 32.3 Å². The van der Waals surface area contributed by atoms with Crippen molar-refractivity contribution in [2.24, 2.45) is 0 Å². The van der Waals surface area contributed by atoms with Crippen molar-refractivity contribution in [3.05, 3.63) is 66.5 Å². The van der Waals surface area contributed by atoms with Gasteiger partial charge >= 0.3 is 0 Å². The molecule has 0 radical (unpaired) electrons. The molecule has 5 heteroatoms. The lowest BCUT2D eigenvalue weighted by Gasteiger charge is -2.23. The highest BCUT2D eigenvalue weighted by Gasteiger charge is 2.12. The van der Waals surface area contributed by atoms with Gasteiger partial charge < -0.3 is 10.2 Å². The molecule has 0 saturated carbocycles. The summed E-state index contributed by atoms with van der Waals surface area (Å²) in [4.78, 5) is 16.1. The lowest BCUT2D eigenvalue weighted by molar-refractivity contribution is 0.733. The molecule has 27 heavy (non-hydrogen) atoms. The maximum Gasteiger partial charge on any atom is 0.163 e. The summed E-state index contributed by atoms with van der Waals surface area (Å²) < 4.78 is 0. The average Bonchev–Trinajstić information content (AvgIpc) is 2.73. The summed E-state index contributed by atoms with van der Waals surface area (Å²) in [7, 11) is 0. The molecule has 1 aromatic carbocycles. The van der Waals surface area contributed by atoms with Gasteiger partial charge in [-0.25, -0.2) is 9.97 Å². The van der Waals surface area contributed by atoms with Crippen molar-refractivity contribution in [3.8, 4) is 11.4 Å². The number of pyridine rings is 1. The van der Waals surface area contributed by atoms with Crippen LogP contribution in [0.15, 0.2) is 60.9 Å². The highest BCUT2D eigenvalue weighted by atomic mass is 15.2. The van der Waals surface area contributed by atoms with E-state index in [0.29, 0.717) is 6.54 Å². The second kappa shape index (κ2) is 9.67. The van der Waals surface area contributed by atoms with Crippen LogP contribution in [0.4, 0.5) is 11.6 Å². The van der Waals surface area contributed by atoms with Gasteiger partial charge in [-0.2, -0.15) is 0 Å². The van der Waals surface area contributed by atoms with Gasteiger partial charge in [0.1, 0.15) is 11.6 Å². The Kier molecular flexibility index (Phi) is 6.74. The van der Waals surface area contributed by atoms with Crippen LogP contribution in [0.2, 0.25) is 0 Å². The SMILES string of the molecule is CCCN(CCC)c1cc(NCc2cccnc2)nc(-c2ccccc2)n1. The third-order valence-electron chi connectivity index (χ3n) is 4.25. The first kappa shape index (κ1) is 18.8. The minimum atomic E-state index is 0.681. The first-order valence-electron chi connectivity index (χ1n) is 9.62. The summed E-state index contributed by atoms with van der Waals surface area (Å²) in [6.07, 6.45) is 5.83. The molecule has 140 valence electrons. The highest BCUT2D eigenvalue weighted by Crippen LogP contribution is 2.23. The van der Waals surface area contributed by atoms with Crippen LogP contribution >= 0.6 is 0 Å². The molecule has 0 aliphatic carbocycles. The second-order valence-electron chi connectivity index (χ2n) is 6.50. The van der Waals surface area contributed by atoms with E-state index in [1.54, 1.807) is 6.20 Å². The van der Waals surface area contributed by atoms with Crippen LogP contribution < -0.4 is 10.2 Å². The Morgan fingerprint density at radius 1 is 0.926 bits per heavy atom. The van der Waals surface area contributed by atoms with Crippen molar-refractivity contribution >= 4 is 11.6 Å². The first-order chi connectivity index (χ1) is 13.3. The van der Waals surface area contributed by atoms with E-state index in [4.69, 9.17) is 9.97 Å². The van der Waals surface area contributed by atoms with Gasteiger partial charge in [0.25, 0.3) is 0 Å². The molecule has 3 rings (SSSR count). The minimum absolute atomic E-state index is 0.681. The number of benzene rings is 1. The predicted octanol–water partition coefficient (Wildman–Crippen LogP) is 4.78. The van der Waals surface area contributed by atoms with E-state index < -0.39 is 0 Å². The third-order valence-corrected chi connectivity index (χ3v) is 4.25. The number of anilines is 2. The van der Waals surface area contributed by atoms with Crippen molar-refractivity contribution in [1.82, 2.24) is 15.0 Å². The topological polar surface area (TPSA) is 53.9 Å². The van der Waals surface area contributed by atoms with Crippen molar-refractivity contribution in [1.29, 1.82) is 0 Å². The Morgan fingerprint density at radius 3 is 2.37 bits per heavy atom. The quantitative estimate of drug-likeness (QED) is 0.594. The van der Waals surface area contributed by atoms with E-state index in [-0.39, 0.29) is 0 Å². The highest BCUT2D eigenvalue weighted by molar-refractivity contribution is 5.61. The molecule has 2 heterocycles. The smallest absolute Gasteiger partial charge is 0.163 e. The monoisotopic (exact) mass is 361 g/mol. The molecule has 0 bridgehead atoms. The van der Waals surface area contributed by atoms with Crippen LogP contribution in [-0.4, -0.2) is 28.0 Å². The van der Waals surface area contributed by atoms with Gasteiger partial charge in [-0.1, -0.05) is 50.2 Å². The third kappa shape index (κ3) is 5.26. The summed E-state index contributed by atoms with van der Waals surface area (Å²) >= 11 is 0. The minimum Gasteiger partial charge on any atom is -0.366 e. The molecule has 0 aliphatic heterocycles. The Bertz CT molecular complexity index is 815. The standard InChI is InChI=1S/C22H27N5/c1-3-13-27(14-4-2)21-15-20(24-17-18-9-8-12-23-16-18)25-22(26-21)19-10-6-5-7-11-19/h5-12,15-16H,3-4,13-14,17H2,1-2H3,(H,24,25,26). The lowest BCUT2D eigenvalue weighted by Crippen LogP contribution is -2.26. The van der Waals surface area contributed by atoms with Crippen LogP contribution in [0.5, 0.6) is 0 Å². The Labute approximate surface area is 161 Å². The molecule has 0 aliphatic rings. The fraction of sp³-hybridized carbons (Fsp3) is 0.318. The van der Waals surface area contributed by atoms with Crippen LogP contribution in [0, 0.1) is 0 Å². The van der Waals surface area contributed by atoms with Gasteiger partial charge in [-0.15, -0.1) is 0 Å². The Hall–Kier alpha value is -2.95. The summed E-state index contributed by atoms with van der Waals surface area (Å²) in [5, 5.41) is 3.43. The molecule has 2 aromatic heterocycles. The van der Waals surface area contributed by atoms with E-state index in [9.17, 15) is 0 Å². The summed E-state index contributed by atoms with van der Waals surface area (Å²) in [6.45, 7) is 7.05. The second-order valence-corrected chi connectivity index (χ2v) is 6.50. The summed E-state index contributed by atoms with van der Waals surface area (Å²) in [5.41, 5.74) is 2.15. The van der Waals surface area contributed by atoms with Crippen molar-refractivity contribution in [3.63, 3.8) is 0 Å². The van der Waals surface area contributed by atoms with Gasteiger partial charge in [0.05, 0.1) is 0 Å². The summed E-state index contributed by atoms with van der Waals surface area (Å²) in [6, 6.07) is 16.2. The average molecular weight is 361 g/mol. The fourth-order valence-corrected chi connectivity index (χ4v) is 2.98. The normalized spacial score (nSPS) is 10.6. The van der Waals surface area contributed by atoms with E-state index in [1.165, 1.54) is 0 Å². The number of nitrogens with one attached hydrogen (secondary N) is 1. The zero-order chi connectivity index (χ0) is 18.9. The number of nitrogens with zero attached hydrogens (tertiary/aromatic N) is 4. The van der Waals surface area contributed by atoms with Gasteiger partial charge in [0.15, 0.2) is 5.82 Å². The molecule has 0 amide bonds. The molecule has 3 aromatic rings. The zero-order valence-corrected chi connectivity index (χ0v) is 16.1. The van der Waals surface area contributed by atoms with Crippen LogP contribution in [0.3, 0.4) is 0 Å². The van der Waals surface area contributed by atoms with Crippen molar-refractivity contribution in [2.45, 2.75) is 33.2 Å². The molecule has 1 N–H and O–H groups in total. The number of rotatable bonds is 9.